The Kier molecular flexibility index (Phi) is 4.37. The maximum Gasteiger partial charge on any atom is 0.348 e. The summed E-state index contributed by atoms with van der Waals surface area (Å²) in [5.74, 6) is 0.715. The molecule has 0 fully saturated rings. The average molecular weight is 308 g/mol. The average Bonchev–Trinajstić information content (AvgIpc) is 2.41. The third-order valence-corrected chi connectivity index (χ3v) is 3.30. The van der Waals surface area contributed by atoms with Crippen LogP contribution in [0.1, 0.15) is 0 Å². The zero-order valence-corrected chi connectivity index (χ0v) is 11.7. The molecule has 0 aliphatic heterocycles. The molecule has 2 aromatic rings. The van der Waals surface area contributed by atoms with Gasteiger partial charge in [-0.05, 0) is 5.56 Å². The Hall–Kier alpha value is -2.21. The quantitative estimate of drug-likeness (QED) is 0.726. The third-order valence-electron chi connectivity index (χ3n) is 2.70. The van der Waals surface area contributed by atoms with Crippen molar-refractivity contribution in [1.82, 2.24) is 9.55 Å². The molecule has 0 saturated heterocycles. The molecule has 0 saturated carbocycles. The van der Waals surface area contributed by atoms with Gasteiger partial charge >= 0.3 is 13.3 Å². The predicted octanol–water partition coefficient (Wildman–Crippen LogP) is 0.895. The van der Waals surface area contributed by atoms with E-state index in [1.807, 2.05) is 0 Å². The van der Waals surface area contributed by atoms with Gasteiger partial charge < -0.3 is 9.79 Å². The number of hydrogen-bond donors (Lipinski definition) is 3. The summed E-state index contributed by atoms with van der Waals surface area (Å²) in [6, 6.07) is 8.78. The van der Waals surface area contributed by atoms with Crippen LogP contribution in [0.25, 0.3) is 11.1 Å². The highest BCUT2D eigenvalue weighted by molar-refractivity contribution is 7.55. The molecule has 8 heteroatoms. The molecule has 0 atom stereocenters. The van der Waals surface area contributed by atoms with E-state index in [2.05, 4.69) is 4.98 Å². The standard InChI is InChI=1S/C13H13N2O5P/c16-12-11(10-5-2-1-3-6-10)9-15(13(17)14-12)7-4-8-21(18,19)20/h1-6,8-9H,7H2,(H,14,16,17)(H2,18,19,20)/b8-4+. The molecule has 0 bridgehead atoms. The minimum atomic E-state index is -4.27. The Labute approximate surface area is 119 Å². The van der Waals surface area contributed by atoms with Crippen molar-refractivity contribution in [3.63, 3.8) is 0 Å². The molecule has 0 amide bonds. The van der Waals surface area contributed by atoms with E-state index in [0.29, 0.717) is 16.9 Å². The lowest BCUT2D eigenvalue weighted by molar-refractivity contribution is 0.386. The summed E-state index contributed by atoms with van der Waals surface area (Å²) in [6.45, 7) is -0.0550. The van der Waals surface area contributed by atoms with Gasteiger partial charge in [-0.15, -0.1) is 0 Å². The molecule has 1 heterocycles. The highest BCUT2D eigenvalue weighted by Crippen LogP contribution is 2.35. The number of aromatic nitrogens is 2. The van der Waals surface area contributed by atoms with E-state index < -0.39 is 18.8 Å². The fraction of sp³-hybridized carbons (Fsp3) is 0.0769. The monoisotopic (exact) mass is 308 g/mol. The van der Waals surface area contributed by atoms with Gasteiger partial charge in [0.05, 0.1) is 5.56 Å². The fourth-order valence-electron chi connectivity index (χ4n) is 1.77. The van der Waals surface area contributed by atoms with Crippen LogP contribution < -0.4 is 11.2 Å². The summed E-state index contributed by atoms with van der Waals surface area (Å²) in [4.78, 5) is 43.1. The first-order valence-electron chi connectivity index (χ1n) is 5.99. The zero-order valence-electron chi connectivity index (χ0n) is 10.8. The van der Waals surface area contributed by atoms with E-state index in [0.717, 1.165) is 4.57 Å². The van der Waals surface area contributed by atoms with Crippen LogP contribution in [0.4, 0.5) is 0 Å². The van der Waals surface area contributed by atoms with E-state index in [1.54, 1.807) is 30.3 Å². The Balaban J connectivity index is 2.41. The van der Waals surface area contributed by atoms with E-state index in [-0.39, 0.29) is 6.54 Å². The van der Waals surface area contributed by atoms with Crippen LogP contribution in [0.2, 0.25) is 0 Å². The maximum absolute atomic E-state index is 11.8. The lowest BCUT2D eigenvalue weighted by atomic mass is 10.1. The van der Waals surface area contributed by atoms with E-state index >= 15 is 0 Å². The van der Waals surface area contributed by atoms with Gasteiger partial charge in [-0.3, -0.25) is 18.9 Å². The molecule has 21 heavy (non-hydrogen) atoms. The highest BCUT2D eigenvalue weighted by Gasteiger charge is 2.08. The Bertz CT molecular complexity index is 816. The van der Waals surface area contributed by atoms with Crippen molar-refractivity contribution in [2.75, 3.05) is 0 Å². The Morgan fingerprint density at radius 3 is 2.48 bits per heavy atom. The third kappa shape index (κ3) is 4.13. The molecular formula is C13H13N2O5P. The lowest BCUT2D eigenvalue weighted by Crippen LogP contribution is -2.30. The highest BCUT2D eigenvalue weighted by atomic mass is 31.2. The van der Waals surface area contributed by atoms with Crippen LogP contribution in [0.15, 0.2) is 58.0 Å². The number of hydrogen-bond acceptors (Lipinski definition) is 3. The smallest absolute Gasteiger partial charge is 0.321 e. The van der Waals surface area contributed by atoms with E-state index in [4.69, 9.17) is 9.79 Å². The van der Waals surface area contributed by atoms with Gasteiger partial charge in [0.2, 0.25) is 0 Å². The Morgan fingerprint density at radius 2 is 1.86 bits per heavy atom. The van der Waals surface area contributed by atoms with Crippen LogP contribution in [-0.2, 0) is 11.1 Å². The summed E-state index contributed by atoms with van der Waals surface area (Å²) in [7, 11) is -4.27. The summed E-state index contributed by atoms with van der Waals surface area (Å²) >= 11 is 0. The number of aromatic amines is 1. The van der Waals surface area contributed by atoms with Crippen LogP contribution in [0, 0.1) is 0 Å². The zero-order chi connectivity index (χ0) is 15.5. The molecule has 0 aliphatic carbocycles. The molecule has 0 aliphatic rings. The van der Waals surface area contributed by atoms with Crippen LogP contribution in [-0.4, -0.2) is 19.3 Å². The molecule has 3 N–H and O–H groups in total. The number of H-pyrrole nitrogens is 1. The van der Waals surface area contributed by atoms with Crippen molar-refractivity contribution in [2.24, 2.45) is 0 Å². The maximum atomic E-state index is 11.8. The SMILES string of the molecule is O=c1[nH]c(=O)n(C/C=C/P(=O)(O)O)cc1-c1ccccc1. The second kappa shape index (κ2) is 6.05. The van der Waals surface area contributed by atoms with Gasteiger partial charge in [0, 0.05) is 18.6 Å². The first kappa shape index (κ1) is 15.2. The second-order valence-corrected chi connectivity index (χ2v) is 5.77. The molecule has 0 spiro atoms. The van der Waals surface area contributed by atoms with Crippen molar-refractivity contribution < 1.29 is 14.4 Å². The summed E-state index contributed by atoms with van der Waals surface area (Å²) in [5, 5.41) is 0. The predicted molar refractivity (Wildman–Crippen MR) is 77.9 cm³/mol. The minimum Gasteiger partial charge on any atom is -0.321 e. The van der Waals surface area contributed by atoms with Gasteiger partial charge in [-0.2, -0.15) is 0 Å². The topological polar surface area (TPSA) is 112 Å². The molecule has 1 aromatic carbocycles. The summed E-state index contributed by atoms with van der Waals surface area (Å²) < 4.78 is 11.9. The van der Waals surface area contributed by atoms with E-state index in [1.165, 1.54) is 12.3 Å². The number of nitrogens with zero attached hydrogens (tertiary/aromatic N) is 1. The number of rotatable bonds is 4. The van der Waals surface area contributed by atoms with Crippen molar-refractivity contribution in [3.8, 4) is 11.1 Å². The van der Waals surface area contributed by atoms with Gasteiger partial charge in [-0.25, -0.2) is 4.79 Å². The Morgan fingerprint density at radius 1 is 1.19 bits per heavy atom. The van der Waals surface area contributed by atoms with Gasteiger partial charge in [0.25, 0.3) is 5.56 Å². The van der Waals surface area contributed by atoms with Gasteiger partial charge in [-0.1, -0.05) is 36.4 Å². The molecule has 0 unspecified atom stereocenters. The van der Waals surface area contributed by atoms with Crippen molar-refractivity contribution in [2.45, 2.75) is 6.54 Å². The van der Waals surface area contributed by atoms with Crippen LogP contribution >= 0.6 is 7.60 Å². The molecule has 110 valence electrons. The van der Waals surface area contributed by atoms with Crippen LogP contribution in [0.5, 0.6) is 0 Å². The van der Waals surface area contributed by atoms with Crippen molar-refractivity contribution in [3.05, 3.63) is 69.3 Å². The molecule has 2 rings (SSSR count). The normalized spacial score (nSPS) is 11.9. The molecular weight excluding hydrogens is 295 g/mol. The van der Waals surface area contributed by atoms with Gasteiger partial charge in [0.1, 0.15) is 0 Å². The first-order valence-corrected chi connectivity index (χ1v) is 7.67. The lowest BCUT2D eigenvalue weighted by Gasteiger charge is -2.05. The van der Waals surface area contributed by atoms with Crippen molar-refractivity contribution in [1.29, 1.82) is 0 Å². The number of benzene rings is 1. The van der Waals surface area contributed by atoms with Gasteiger partial charge in [0.15, 0.2) is 0 Å². The number of allylic oxidation sites excluding steroid dienone is 1. The summed E-state index contributed by atoms with van der Waals surface area (Å²) in [5.41, 5.74) is -0.206. The number of nitrogens with one attached hydrogen (secondary N) is 1. The molecule has 1 aromatic heterocycles. The van der Waals surface area contributed by atoms with E-state index in [9.17, 15) is 14.2 Å². The molecule has 0 radical (unpaired) electrons. The second-order valence-electron chi connectivity index (χ2n) is 4.29. The van der Waals surface area contributed by atoms with Crippen LogP contribution in [0.3, 0.4) is 0 Å². The van der Waals surface area contributed by atoms with Crippen molar-refractivity contribution >= 4 is 7.60 Å². The fourth-order valence-corrected chi connectivity index (χ4v) is 2.14. The first-order chi connectivity index (χ1) is 9.87. The largest absolute Gasteiger partial charge is 0.348 e. The summed E-state index contributed by atoms with van der Waals surface area (Å²) in [6.07, 6.45) is 2.54. The molecule has 7 nitrogen and oxygen atoms in total. The minimum absolute atomic E-state index is 0.0550.